The van der Waals surface area contributed by atoms with Crippen molar-refractivity contribution in [3.8, 4) is 0 Å². The molecule has 56 valence electrons. The zero-order chi connectivity index (χ0) is 7.68. The Bertz CT molecular complexity index is 367. The number of anilines is 1. The van der Waals surface area contributed by atoms with E-state index in [1.165, 1.54) is 10.1 Å². The van der Waals surface area contributed by atoms with Gasteiger partial charge in [0.25, 0.3) is 0 Å². The summed E-state index contributed by atoms with van der Waals surface area (Å²) in [5.41, 5.74) is 1.16. The average Bonchev–Trinajstić information content (AvgIpc) is 2.47. The summed E-state index contributed by atoms with van der Waals surface area (Å²) >= 11 is 1.74. The molecule has 2 rings (SSSR count). The van der Waals surface area contributed by atoms with Crippen LogP contribution >= 0.6 is 11.3 Å². The molecule has 2 aromatic rings. The van der Waals surface area contributed by atoms with Crippen molar-refractivity contribution >= 4 is 27.1 Å². The second-order valence-electron chi connectivity index (χ2n) is 2.27. The Morgan fingerprint density at radius 2 is 2.45 bits per heavy atom. The van der Waals surface area contributed by atoms with Crippen molar-refractivity contribution in [2.24, 2.45) is 0 Å². The predicted molar refractivity (Wildman–Crippen MR) is 49.2 cm³/mol. The van der Waals surface area contributed by atoms with Crippen LogP contribution < -0.4 is 5.32 Å². The molecule has 0 unspecified atom stereocenters. The van der Waals surface area contributed by atoms with Gasteiger partial charge < -0.3 is 5.32 Å². The lowest BCUT2D eigenvalue weighted by Crippen LogP contribution is -1.84. The predicted octanol–water partition coefficient (Wildman–Crippen LogP) is 2.34. The molecule has 0 saturated carbocycles. The second-order valence-corrected chi connectivity index (χ2v) is 3.18. The molecular formula is C8H8N2S. The van der Waals surface area contributed by atoms with Gasteiger partial charge in [0.05, 0.1) is 5.69 Å². The summed E-state index contributed by atoms with van der Waals surface area (Å²) in [5.74, 6) is 0. The van der Waals surface area contributed by atoms with Gasteiger partial charge in [-0.25, -0.2) is 0 Å². The topological polar surface area (TPSA) is 24.9 Å². The molecule has 2 nitrogen and oxygen atoms in total. The number of hydrogen-bond donors (Lipinski definition) is 1. The minimum atomic E-state index is 1.16. The Hall–Kier alpha value is -1.09. The third-order valence-corrected chi connectivity index (χ3v) is 2.61. The molecular weight excluding hydrogens is 156 g/mol. The fourth-order valence-corrected chi connectivity index (χ4v) is 1.98. The van der Waals surface area contributed by atoms with Crippen molar-refractivity contribution in [1.29, 1.82) is 0 Å². The fourth-order valence-electron chi connectivity index (χ4n) is 1.07. The molecule has 0 fully saturated rings. The summed E-state index contributed by atoms with van der Waals surface area (Å²) in [6.45, 7) is 0. The van der Waals surface area contributed by atoms with Crippen molar-refractivity contribution in [3.63, 3.8) is 0 Å². The van der Waals surface area contributed by atoms with Crippen LogP contribution in [0.5, 0.6) is 0 Å². The third-order valence-electron chi connectivity index (χ3n) is 1.64. The molecule has 2 heterocycles. The van der Waals surface area contributed by atoms with E-state index < -0.39 is 0 Å². The lowest BCUT2D eigenvalue weighted by molar-refractivity contribution is 1.37. The van der Waals surface area contributed by atoms with Gasteiger partial charge in [0.15, 0.2) is 0 Å². The van der Waals surface area contributed by atoms with E-state index in [4.69, 9.17) is 0 Å². The second kappa shape index (κ2) is 2.51. The van der Waals surface area contributed by atoms with Gasteiger partial charge in [-0.2, -0.15) is 0 Å². The molecule has 1 N–H and O–H groups in total. The third kappa shape index (κ3) is 0.973. The molecule has 3 heteroatoms. The van der Waals surface area contributed by atoms with Crippen LogP contribution in [-0.2, 0) is 0 Å². The first-order chi connectivity index (χ1) is 5.42. The lowest BCUT2D eigenvalue weighted by atomic mass is 10.3. The standard InChI is InChI=1S/C8H8N2S/c1-9-7-5-11-8-2-3-10-4-6(7)8/h2-5,9H,1H3. The highest BCUT2D eigenvalue weighted by molar-refractivity contribution is 7.17. The summed E-state index contributed by atoms with van der Waals surface area (Å²) in [7, 11) is 1.93. The Labute approximate surface area is 68.9 Å². The molecule has 0 atom stereocenters. The van der Waals surface area contributed by atoms with Crippen LogP contribution in [0.1, 0.15) is 0 Å². The SMILES string of the molecule is CNc1csc2ccncc12. The number of thiophene rings is 1. The van der Waals surface area contributed by atoms with Crippen LogP contribution in [0.3, 0.4) is 0 Å². The van der Waals surface area contributed by atoms with Gasteiger partial charge >= 0.3 is 0 Å². The molecule has 0 aromatic carbocycles. The van der Waals surface area contributed by atoms with Crippen LogP contribution in [0.25, 0.3) is 10.1 Å². The molecule has 0 radical (unpaired) electrons. The maximum Gasteiger partial charge on any atom is 0.0542 e. The highest BCUT2D eigenvalue weighted by Crippen LogP contribution is 2.28. The van der Waals surface area contributed by atoms with Crippen molar-refractivity contribution in [3.05, 3.63) is 23.8 Å². The van der Waals surface area contributed by atoms with E-state index >= 15 is 0 Å². The van der Waals surface area contributed by atoms with Crippen LogP contribution in [0.2, 0.25) is 0 Å². The summed E-state index contributed by atoms with van der Waals surface area (Å²) in [6, 6.07) is 2.03. The Morgan fingerprint density at radius 1 is 1.55 bits per heavy atom. The molecule has 0 aliphatic heterocycles. The number of pyridine rings is 1. The van der Waals surface area contributed by atoms with Gasteiger partial charge in [-0.3, -0.25) is 4.98 Å². The monoisotopic (exact) mass is 164 g/mol. The van der Waals surface area contributed by atoms with Gasteiger partial charge in [0.1, 0.15) is 0 Å². The summed E-state index contributed by atoms with van der Waals surface area (Å²) in [4.78, 5) is 4.06. The lowest BCUT2D eigenvalue weighted by Gasteiger charge is -1.93. The maximum absolute atomic E-state index is 4.06. The van der Waals surface area contributed by atoms with Crippen LogP contribution in [-0.4, -0.2) is 12.0 Å². The minimum absolute atomic E-state index is 1.16. The van der Waals surface area contributed by atoms with Gasteiger partial charge in [-0.15, -0.1) is 11.3 Å². The number of rotatable bonds is 1. The molecule has 0 bridgehead atoms. The van der Waals surface area contributed by atoms with E-state index in [0.717, 1.165) is 5.69 Å². The smallest absolute Gasteiger partial charge is 0.0542 e. The van der Waals surface area contributed by atoms with Crippen molar-refractivity contribution in [1.82, 2.24) is 4.98 Å². The van der Waals surface area contributed by atoms with Gasteiger partial charge in [-0.05, 0) is 6.07 Å². The van der Waals surface area contributed by atoms with Crippen LogP contribution in [0.4, 0.5) is 5.69 Å². The van der Waals surface area contributed by atoms with E-state index in [1.807, 2.05) is 25.5 Å². The maximum atomic E-state index is 4.06. The molecule has 0 aliphatic rings. The highest BCUT2D eigenvalue weighted by atomic mass is 32.1. The Balaban J connectivity index is 2.76. The normalized spacial score (nSPS) is 10.3. The molecule has 0 saturated heterocycles. The summed E-state index contributed by atoms with van der Waals surface area (Å²) in [6.07, 6.45) is 3.70. The molecule has 0 spiro atoms. The minimum Gasteiger partial charge on any atom is -0.387 e. The zero-order valence-corrected chi connectivity index (χ0v) is 6.98. The molecule has 11 heavy (non-hydrogen) atoms. The number of aromatic nitrogens is 1. The van der Waals surface area contributed by atoms with Crippen molar-refractivity contribution in [2.75, 3.05) is 12.4 Å². The van der Waals surface area contributed by atoms with E-state index in [-0.39, 0.29) is 0 Å². The van der Waals surface area contributed by atoms with Crippen LogP contribution in [0, 0.1) is 0 Å². The van der Waals surface area contributed by atoms with E-state index in [2.05, 4.69) is 15.7 Å². The van der Waals surface area contributed by atoms with Gasteiger partial charge in [-0.1, -0.05) is 0 Å². The van der Waals surface area contributed by atoms with E-state index in [0.29, 0.717) is 0 Å². The molecule has 2 aromatic heterocycles. The Kier molecular flexibility index (Phi) is 1.51. The first-order valence-electron chi connectivity index (χ1n) is 3.41. The van der Waals surface area contributed by atoms with Crippen molar-refractivity contribution in [2.45, 2.75) is 0 Å². The summed E-state index contributed by atoms with van der Waals surface area (Å²) < 4.78 is 1.28. The molecule has 0 amide bonds. The average molecular weight is 164 g/mol. The Morgan fingerprint density at radius 3 is 3.27 bits per heavy atom. The highest BCUT2D eigenvalue weighted by Gasteiger charge is 1.99. The number of fused-ring (bicyclic) bond motifs is 1. The number of nitrogens with one attached hydrogen (secondary N) is 1. The molecule has 0 aliphatic carbocycles. The van der Waals surface area contributed by atoms with Gasteiger partial charge in [0, 0.05) is 34.9 Å². The fraction of sp³-hybridized carbons (Fsp3) is 0.125. The number of nitrogens with zero attached hydrogens (tertiary/aromatic N) is 1. The van der Waals surface area contributed by atoms with Crippen molar-refractivity contribution < 1.29 is 0 Å². The van der Waals surface area contributed by atoms with E-state index in [9.17, 15) is 0 Å². The van der Waals surface area contributed by atoms with Gasteiger partial charge in [0.2, 0.25) is 0 Å². The van der Waals surface area contributed by atoms with E-state index in [1.54, 1.807) is 11.3 Å². The quantitative estimate of drug-likeness (QED) is 0.699. The van der Waals surface area contributed by atoms with Crippen LogP contribution in [0.15, 0.2) is 23.8 Å². The largest absolute Gasteiger partial charge is 0.387 e. The first-order valence-corrected chi connectivity index (χ1v) is 4.29. The zero-order valence-electron chi connectivity index (χ0n) is 6.16. The first kappa shape index (κ1) is 6.61. The number of hydrogen-bond acceptors (Lipinski definition) is 3. The summed E-state index contributed by atoms with van der Waals surface area (Å²) in [5, 5.41) is 6.43.